The van der Waals surface area contributed by atoms with Crippen LogP contribution in [0.5, 0.6) is 0 Å². The molecule has 0 saturated carbocycles. The molecule has 0 aliphatic rings. The van der Waals surface area contributed by atoms with Crippen molar-refractivity contribution in [2.45, 2.75) is 19.4 Å². The van der Waals surface area contributed by atoms with Gasteiger partial charge in [0.05, 0.1) is 27.0 Å². The maximum absolute atomic E-state index is 14.0. The summed E-state index contributed by atoms with van der Waals surface area (Å²) >= 11 is 1.65. The fraction of sp³-hybridized carbons (Fsp3) is 0.250. The molecule has 0 aliphatic carbocycles. The minimum absolute atomic E-state index is 0.156. The molecule has 0 spiro atoms. The molecule has 3 rings (SSSR count). The van der Waals surface area contributed by atoms with Gasteiger partial charge in [0, 0.05) is 12.6 Å². The number of benzene rings is 1. The molecule has 1 unspecified atom stereocenters. The van der Waals surface area contributed by atoms with Gasteiger partial charge in [-0.3, -0.25) is 4.98 Å². The molecule has 1 atom stereocenters. The first-order chi connectivity index (χ1) is 10.3. The van der Waals surface area contributed by atoms with Crippen molar-refractivity contribution in [3.63, 3.8) is 0 Å². The van der Waals surface area contributed by atoms with Crippen LogP contribution in [-0.4, -0.2) is 16.5 Å². The van der Waals surface area contributed by atoms with Crippen LogP contribution in [0, 0.1) is 5.82 Å². The van der Waals surface area contributed by atoms with Gasteiger partial charge in [0.2, 0.25) is 0 Å². The third-order valence-electron chi connectivity index (χ3n) is 3.28. The molecular formula is C16H16FN3S. The molecule has 3 nitrogen and oxygen atoms in total. The van der Waals surface area contributed by atoms with E-state index < -0.39 is 0 Å². The van der Waals surface area contributed by atoms with E-state index in [2.05, 4.69) is 21.4 Å². The minimum Gasteiger partial charge on any atom is -0.308 e. The van der Waals surface area contributed by atoms with Gasteiger partial charge in [0.15, 0.2) is 0 Å². The van der Waals surface area contributed by atoms with Crippen LogP contribution >= 0.6 is 11.3 Å². The number of halogens is 1. The highest BCUT2D eigenvalue weighted by Gasteiger charge is 2.18. The summed E-state index contributed by atoms with van der Waals surface area (Å²) in [5.74, 6) is -0.274. The number of aromatic nitrogens is 2. The molecule has 1 aromatic carbocycles. The number of para-hydroxylation sites is 1. The van der Waals surface area contributed by atoms with Gasteiger partial charge >= 0.3 is 0 Å². The van der Waals surface area contributed by atoms with E-state index in [-0.39, 0.29) is 11.9 Å². The van der Waals surface area contributed by atoms with E-state index in [0.717, 1.165) is 21.8 Å². The first-order valence-electron chi connectivity index (χ1n) is 6.96. The van der Waals surface area contributed by atoms with E-state index in [9.17, 15) is 4.39 Å². The van der Waals surface area contributed by atoms with E-state index in [1.54, 1.807) is 23.6 Å². The average Bonchev–Trinajstić information content (AvgIpc) is 2.89. The molecule has 0 amide bonds. The highest BCUT2D eigenvalue weighted by molar-refractivity contribution is 7.18. The number of nitrogens with one attached hydrogen (secondary N) is 1. The first kappa shape index (κ1) is 14.1. The van der Waals surface area contributed by atoms with Gasteiger partial charge < -0.3 is 5.32 Å². The third-order valence-corrected chi connectivity index (χ3v) is 4.34. The SMILES string of the molecule is CCNC(Cc1nc2ccccc2s1)c1ncccc1F. The monoisotopic (exact) mass is 301 g/mol. The summed E-state index contributed by atoms with van der Waals surface area (Å²) < 4.78 is 15.1. The van der Waals surface area contributed by atoms with Crippen LogP contribution in [0.1, 0.15) is 23.7 Å². The Hall–Kier alpha value is -1.85. The van der Waals surface area contributed by atoms with Crippen LogP contribution in [0.25, 0.3) is 10.2 Å². The quantitative estimate of drug-likeness (QED) is 0.780. The van der Waals surface area contributed by atoms with Crippen LogP contribution < -0.4 is 5.32 Å². The molecule has 108 valence electrons. The predicted octanol–water partition coefficient (Wildman–Crippen LogP) is 3.72. The Bertz CT molecular complexity index is 708. The number of hydrogen-bond acceptors (Lipinski definition) is 4. The molecule has 1 N–H and O–H groups in total. The second-order valence-corrected chi connectivity index (χ2v) is 5.88. The van der Waals surface area contributed by atoms with Crippen molar-refractivity contribution in [3.8, 4) is 0 Å². The lowest BCUT2D eigenvalue weighted by Gasteiger charge is -2.16. The third kappa shape index (κ3) is 3.09. The zero-order valence-electron chi connectivity index (χ0n) is 11.7. The minimum atomic E-state index is -0.274. The summed E-state index contributed by atoms with van der Waals surface area (Å²) in [5.41, 5.74) is 1.45. The zero-order chi connectivity index (χ0) is 14.7. The Morgan fingerprint density at radius 3 is 2.86 bits per heavy atom. The fourth-order valence-corrected chi connectivity index (χ4v) is 3.36. The second-order valence-electron chi connectivity index (χ2n) is 4.76. The molecule has 5 heteroatoms. The number of pyridine rings is 1. The fourth-order valence-electron chi connectivity index (χ4n) is 2.35. The molecule has 21 heavy (non-hydrogen) atoms. The van der Waals surface area contributed by atoms with Crippen LogP contribution in [0.3, 0.4) is 0 Å². The molecule has 0 aliphatic heterocycles. The number of fused-ring (bicyclic) bond motifs is 1. The van der Waals surface area contributed by atoms with Crippen molar-refractivity contribution >= 4 is 21.6 Å². The highest BCUT2D eigenvalue weighted by Crippen LogP contribution is 2.26. The van der Waals surface area contributed by atoms with Crippen LogP contribution in [-0.2, 0) is 6.42 Å². The van der Waals surface area contributed by atoms with Gasteiger partial charge in [-0.2, -0.15) is 0 Å². The molecule has 2 aromatic heterocycles. The highest BCUT2D eigenvalue weighted by atomic mass is 32.1. The van der Waals surface area contributed by atoms with E-state index in [1.165, 1.54) is 6.07 Å². The van der Waals surface area contributed by atoms with Gasteiger partial charge in [-0.05, 0) is 30.8 Å². The number of likely N-dealkylation sites (N-methyl/N-ethyl adjacent to an activating group) is 1. The van der Waals surface area contributed by atoms with Crippen molar-refractivity contribution in [3.05, 3.63) is 59.1 Å². The molecule has 3 aromatic rings. The first-order valence-corrected chi connectivity index (χ1v) is 7.78. The lowest BCUT2D eigenvalue weighted by molar-refractivity contribution is 0.494. The van der Waals surface area contributed by atoms with E-state index in [0.29, 0.717) is 12.1 Å². The smallest absolute Gasteiger partial charge is 0.146 e. The summed E-state index contributed by atoms with van der Waals surface area (Å²) in [4.78, 5) is 8.80. The Balaban J connectivity index is 1.90. The molecule has 0 saturated heterocycles. The Labute approximate surface area is 126 Å². The van der Waals surface area contributed by atoms with Gasteiger partial charge in [0.25, 0.3) is 0 Å². The number of hydrogen-bond donors (Lipinski definition) is 1. The average molecular weight is 301 g/mol. The van der Waals surface area contributed by atoms with Crippen LogP contribution in [0.15, 0.2) is 42.6 Å². The number of thiazole rings is 1. The van der Waals surface area contributed by atoms with Crippen molar-refractivity contribution < 1.29 is 4.39 Å². The van der Waals surface area contributed by atoms with E-state index >= 15 is 0 Å². The molecular weight excluding hydrogens is 285 g/mol. The molecule has 0 bridgehead atoms. The summed E-state index contributed by atoms with van der Waals surface area (Å²) in [6.45, 7) is 2.76. The maximum atomic E-state index is 14.0. The lowest BCUT2D eigenvalue weighted by Crippen LogP contribution is -2.24. The topological polar surface area (TPSA) is 37.8 Å². The Morgan fingerprint density at radius 2 is 2.10 bits per heavy atom. The van der Waals surface area contributed by atoms with Crippen molar-refractivity contribution in [2.24, 2.45) is 0 Å². The van der Waals surface area contributed by atoms with Crippen molar-refractivity contribution in [1.82, 2.24) is 15.3 Å². The summed E-state index contributed by atoms with van der Waals surface area (Å²) in [7, 11) is 0. The normalized spacial score (nSPS) is 12.7. The summed E-state index contributed by atoms with van der Waals surface area (Å²) in [6, 6.07) is 10.9. The predicted molar refractivity (Wildman–Crippen MR) is 83.9 cm³/mol. The van der Waals surface area contributed by atoms with Gasteiger partial charge in [0.1, 0.15) is 5.82 Å². The number of nitrogens with zero attached hydrogens (tertiary/aromatic N) is 2. The second kappa shape index (κ2) is 6.28. The largest absolute Gasteiger partial charge is 0.308 e. The zero-order valence-corrected chi connectivity index (χ0v) is 12.5. The molecule has 0 radical (unpaired) electrons. The molecule has 2 heterocycles. The maximum Gasteiger partial charge on any atom is 0.146 e. The van der Waals surface area contributed by atoms with Gasteiger partial charge in [-0.15, -0.1) is 11.3 Å². The van der Waals surface area contributed by atoms with E-state index in [4.69, 9.17) is 0 Å². The van der Waals surface area contributed by atoms with E-state index in [1.807, 2.05) is 25.1 Å². The van der Waals surface area contributed by atoms with Crippen LogP contribution in [0.4, 0.5) is 4.39 Å². The van der Waals surface area contributed by atoms with Gasteiger partial charge in [-0.1, -0.05) is 19.1 Å². The van der Waals surface area contributed by atoms with Crippen molar-refractivity contribution in [1.29, 1.82) is 0 Å². The lowest BCUT2D eigenvalue weighted by atomic mass is 10.1. The summed E-state index contributed by atoms with van der Waals surface area (Å²) in [5, 5.41) is 4.29. The van der Waals surface area contributed by atoms with Crippen molar-refractivity contribution in [2.75, 3.05) is 6.54 Å². The Kier molecular flexibility index (Phi) is 4.22. The number of rotatable bonds is 5. The van der Waals surface area contributed by atoms with Gasteiger partial charge in [-0.25, -0.2) is 9.37 Å². The Morgan fingerprint density at radius 1 is 1.24 bits per heavy atom. The van der Waals surface area contributed by atoms with Crippen LogP contribution in [0.2, 0.25) is 0 Å². The summed E-state index contributed by atoms with van der Waals surface area (Å²) in [6.07, 6.45) is 2.27. The molecule has 0 fully saturated rings. The standard InChI is InChI=1S/C16H16FN3S/c1-2-18-13(16-11(17)6-5-9-19-16)10-15-20-12-7-3-4-8-14(12)21-15/h3-9,13,18H,2,10H2,1H3.